The summed E-state index contributed by atoms with van der Waals surface area (Å²) in [6.07, 6.45) is -0.464. The molecule has 3 nitrogen and oxygen atoms in total. The molecule has 2 fully saturated rings. The molecule has 3 rings (SSSR count). The second-order valence-electron chi connectivity index (χ2n) is 6.79. The van der Waals surface area contributed by atoms with Gasteiger partial charge in [-0.3, -0.25) is 0 Å². The van der Waals surface area contributed by atoms with Gasteiger partial charge < -0.3 is 14.7 Å². The van der Waals surface area contributed by atoms with E-state index in [2.05, 4.69) is 4.90 Å². The third-order valence-corrected chi connectivity index (χ3v) is 5.38. The van der Waals surface area contributed by atoms with Gasteiger partial charge in [-0.15, -0.1) is 0 Å². The van der Waals surface area contributed by atoms with Gasteiger partial charge in [0, 0.05) is 12.1 Å². The first-order chi connectivity index (χ1) is 10.7. The molecule has 0 aliphatic carbocycles. The number of rotatable bonds is 2. The van der Waals surface area contributed by atoms with Gasteiger partial charge in [0.1, 0.15) is 5.75 Å². The lowest BCUT2D eigenvalue weighted by Crippen LogP contribution is -2.55. The maximum absolute atomic E-state index is 13.1. The Bertz CT molecular complexity index is 574. The van der Waals surface area contributed by atoms with E-state index in [0.29, 0.717) is 18.4 Å². The maximum Gasteiger partial charge on any atom is 0.416 e. The Hall–Kier alpha value is -1.27. The van der Waals surface area contributed by atoms with Crippen LogP contribution in [0.3, 0.4) is 0 Å². The van der Waals surface area contributed by atoms with Crippen molar-refractivity contribution in [3.8, 4) is 5.75 Å². The summed E-state index contributed by atoms with van der Waals surface area (Å²) in [6.45, 7) is 0. The molecule has 1 aromatic carbocycles. The van der Waals surface area contributed by atoms with Crippen molar-refractivity contribution in [2.45, 2.75) is 56.0 Å². The topological polar surface area (TPSA) is 32.7 Å². The second-order valence-corrected chi connectivity index (χ2v) is 6.79. The van der Waals surface area contributed by atoms with Crippen molar-refractivity contribution in [2.75, 3.05) is 14.2 Å². The molecular formula is C17H22F3NO2. The van der Waals surface area contributed by atoms with E-state index in [9.17, 15) is 18.3 Å². The molecule has 1 N–H and O–H groups in total. The molecule has 1 aromatic rings. The van der Waals surface area contributed by atoms with Crippen LogP contribution >= 0.6 is 0 Å². The summed E-state index contributed by atoms with van der Waals surface area (Å²) in [4.78, 5) is 2.27. The van der Waals surface area contributed by atoms with E-state index in [4.69, 9.17) is 4.74 Å². The minimum absolute atomic E-state index is 0.132. The zero-order valence-electron chi connectivity index (χ0n) is 13.4. The van der Waals surface area contributed by atoms with Gasteiger partial charge in [-0.05, 0) is 56.5 Å². The Morgan fingerprint density at radius 3 is 2.30 bits per heavy atom. The number of fused-ring (bicyclic) bond motifs is 2. The number of hydrogen-bond acceptors (Lipinski definition) is 3. The van der Waals surface area contributed by atoms with E-state index in [0.717, 1.165) is 31.4 Å². The minimum atomic E-state index is -4.46. The molecule has 128 valence electrons. The average molecular weight is 329 g/mol. The van der Waals surface area contributed by atoms with Crippen molar-refractivity contribution < 1.29 is 23.0 Å². The Morgan fingerprint density at radius 1 is 1.17 bits per heavy atom. The summed E-state index contributed by atoms with van der Waals surface area (Å²) in [5, 5.41) is 11.1. The van der Waals surface area contributed by atoms with E-state index in [1.165, 1.54) is 13.2 Å². The monoisotopic (exact) mass is 329 g/mol. The number of hydrogen-bond donors (Lipinski definition) is 1. The molecule has 2 atom stereocenters. The predicted molar refractivity (Wildman–Crippen MR) is 80.3 cm³/mol. The number of aliphatic hydroxyl groups is 1. The lowest BCUT2D eigenvalue weighted by Gasteiger charge is -2.51. The number of piperidine rings is 2. The molecule has 2 unspecified atom stereocenters. The van der Waals surface area contributed by atoms with Crippen LogP contribution in [0.25, 0.3) is 0 Å². The molecule has 2 aliphatic heterocycles. The van der Waals surface area contributed by atoms with Gasteiger partial charge in [0.05, 0.1) is 18.3 Å². The largest absolute Gasteiger partial charge is 0.497 e. The summed E-state index contributed by atoms with van der Waals surface area (Å²) in [5.74, 6) is 0.132. The van der Waals surface area contributed by atoms with E-state index < -0.39 is 17.3 Å². The Morgan fingerprint density at radius 2 is 1.78 bits per heavy atom. The van der Waals surface area contributed by atoms with Crippen molar-refractivity contribution in [1.82, 2.24) is 4.90 Å². The highest BCUT2D eigenvalue weighted by Crippen LogP contribution is 2.45. The van der Waals surface area contributed by atoms with Crippen molar-refractivity contribution >= 4 is 0 Å². The van der Waals surface area contributed by atoms with Gasteiger partial charge in [-0.2, -0.15) is 13.2 Å². The normalized spacial score (nSPS) is 31.9. The number of nitrogens with zero attached hydrogens (tertiary/aromatic N) is 1. The SMILES string of the molecule is COc1cc(C(F)(F)F)cc(C2(O)CC3CCCC(C2)N3C)c1. The highest BCUT2D eigenvalue weighted by Gasteiger charge is 2.45. The molecule has 0 amide bonds. The molecule has 23 heavy (non-hydrogen) atoms. The summed E-state index contributed by atoms with van der Waals surface area (Å²) in [7, 11) is 3.38. The minimum Gasteiger partial charge on any atom is -0.497 e. The zero-order valence-corrected chi connectivity index (χ0v) is 13.4. The molecule has 2 bridgehead atoms. The van der Waals surface area contributed by atoms with Crippen molar-refractivity contribution in [1.29, 1.82) is 0 Å². The number of halogens is 3. The predicted octanol–water partition coefficient (Wildman–Crippen LogP) is 3.55. The fourth-order valence-corrected chi connectivity index (χ4v) is 4.03. The van der Waals surface area contributed by atoms with Crippen LogP contribution < -0.4 is 4.74 Å². The van der Waals surface area contributed by atoms with Crippen molar-refractivity contribution in [3.63, 3.8) is 0 Å². The molecule has 0 radical (unpaired) electrons. The molecule has 2 saturated heterocycles. The van der Waals surface area contributed by atoms with Crippen molar-refractivity contribution in [2.24, 2.45) is 0 Å². The molecule has 2 heterocycles. The number of ether oxygens (including phenoxy) is 1. The Kier molecular flexibility index (Phi) is 4.09. The van der Waals surface area contributed by atoms with Crippen molar-refractivity contribution in [3.05, 3.63) is 29.3 Å². The van der Waals surface area contributed by atoms with E-state index >= 15 is 0 Å². The number of benzene rings is 1. The first-order valence-electron chi connectivity index (χ1n) is 7.94. The first-order valence-corrected chi connectivity index (χ1v) is 7.94. The van der Waals surface area contributed by atoms with Crippen LogP contribution in [-0.4, -0.2) is 36.2 Å². The lowest BCUT2D eigenvalue weighted by atomic mass is 9.72. The fourth-order valence-electron chi connectivity index (χ4n) is 4.03. The number of methoxy groups -OCH3 is 1. The molecule has 0 saturated carbocycles. The Labute approximate surface area is 134 Å². The van der Waals surface area contributed by atoms with Gasteiger partial charge >= 0.3 is 6.18 Å². The Balaban J connectivity index is 2.00. The van der Waals surface area contributed by atoms with E-state index in [-0.39, 0.29) is 17.8 Å². The highest BCUT2D eigenvalue weighted by molar-refractivity contribution is 5.39. The molecule has 2 aliphatic rings. The summed E-state index contributed by atoms with van der Waals surface area (Å²) in [5.41, 5.74) is -1.69. The van der Waals surface area contributed by atoms with Gasteiger partial charge in [0.2, 0.25) is 0 Å². The van der Waals surface area contributed by atoms with E-state index in [1.54, 1.807) is 0 Å². The summed E-state index contributed by atoms with van der Waals surface area (Å²) in [6, 6.07) is 4.02. The number of alkyl halides is 3. The first kappa shape index (κ1) is 16.6. The molecule has 0 spiro atoms. The standard InChI is InChI=1S/C17H22F3NO2/c1-21-13-4-3-5-14(21)10-16(22,9-13)11-6-12(17(18,19)20)8-15(7-11)23-2/h6-8,13-14,22H,3-5,9-10H2,1-2H3. The second kappa shape index (κ2) is 5.67. The average Bonchev–Trinajstić information content (AvgIpc) is 2.47. The molecule has 6 heteroatoms. The van der Waals surface area contributed by atoms with Crippen LogP contribution in [0.4, 0.5) is 13.2 Å². The van der Waals surface area contributed by atoms with Crippen LogP contribution in [-0.2, 0) is 11.8 Å². The van der Waals surface area contributed by atoms with Gasteiger partial charge in [0.25, 0.3) is 0 Å². The van der Waals surface area contributed by atoms with E-state index in [1.807, 2.05) is 7.05 Å². The van der Waals surface area contributed by atoms with Gasteiger partial charge in [-0.25, -0.2) is 0 Å². The molecular weight excluding hydrogens is 307 g/mol. The van der Waals surface area contributed by atoms with Crippen LogP contribution in [0, 0.1) is 0 Å². The molecule has 0 aromatic heterocycles. The maximum atomic E-state index is 13.1. The summed E-state index contributed by atoms with van der Waals surface area (Å²) < 4.78 is 44.4. The third kappa shape index (κ3) is 3.06. The summed E-state index contributed by atoms with van der Waals surface area (Å²) >= 11 is 0. The van der Waals surface area contributed by atoms with Crippen LogP contribution in [0.15, 0.2) is 18.2 Å². The third-order valence-electron chi connectivity index (χ3n) is 5.38. The van der Waals surface area contributed by atoms with Crippen LogP contribution in [0.5, 0.6) is 5.75 Å². The van der Waals surface area contributed by atoms with Gasteiger partial charge in [0.15, 0.2) is 0 Å². The van der Waals surface area contributed by atoms with Crippen LogP contribution in [0.1, 0.15) is 43.2 Å². The van der Waals surface area contributed by atoms with Gasteiger partial charge in [-0.1, -0.05) is 6.42 Å². The smallest absolute Gasteiger partial charge is 0.416 e. The quantitative estimate of drug-likeness (QED) is 0.901. The zero-order chi connectivity index (χ0) is 16.8. The highest BCUT2D eigenvalue weighted by atomic mass is 19.4. The van der Waals surface area contributed by atoms with Crippen LogP contribution in [0.2, 0.25) is 0 Å². The lowest BCUT2D eigenvalue weighted by molar-refractivity contribution is -0.138. The fraction of sp³-hybridized carbons (Fsp3) is 0.647.